The maximum Gasteiger partial charge on any atom is 0.183 e. The van der Waals surface area contributed by atoms with Crippen molar-refractivity contribution in [1.29, 1.82) is 0 Å². The van der Waals surface area contributed by atoms with Crippen LogP contribution in [0.3, 0.4) is 0 Å². The summed E-state index contributed by atoms with van der Waals surface area (Å²) in [7, 11) is 0. The third kappa shape index (κ3) is 2.30. The quantitative estimate of drug-likeness (QED) is 0.730. The van der Waals surface area contributed by atoms with E-state index in [0.29, 0.717) is 4.47 Å². The maximum atomic E-state index is 5.84. The molecule has 0 fully saturated rings. The average Bonchev–Trinajstić information content (AvgIpc) is 3.00. The van der Waals surface area contributed by atoms with Crippen molar-refractivity contribution >= 4 is 22.9 Å². The molecule has 5 heteroatoms. The first-order chi connectivity index (χ1) is 8.83. The van der Waals surface area contributed by atoms with Gasteiger partial charge in [0, 0.05) is 29.0 Å². The van der Waals surface area contributed by atoms with Gasteiger partial charge in [0.15, 0.2) is 4.47 Å². The molecule has 0 saturated heterocycles. The minimum atomic E-state index is 0.575. The van der Waals surface area contributed by atoms with Gasteiger partial charge >= 0.3 is 0 Å². The molecule has 0 spiro atoms. The first kappa shape index (κ1) is 11.4. The minimum absolute atomic E-state index is 0.575. The average molecular weight is 276 g/mol. The fourth-order valence-electron chi connectivity index (χ4n) is 1.81. The second-order valence-corrected chi connectivity index (χ2v) is 5.52. The Kier molecular flexibility index (Phi) is 3.13. The van der Waals surface area contributed by atoms with Crippen molar-refractivity contribution in [3.05, 3.63) is 58.3 Å². The van der Waals surface area contributed by atoms with E-state index in [-0.39, 0.29) is 0 Å². The molecule has 0 N–H and O–H groups in total. The first-order valence-corrected chi connectivity index (χ1v) is 6.69. The van der Waals surface area contributed by atoms with Crippen molar-refractivity contribution in [2.75, 3.05) is 0 Å². The highest BCUT2D eigenvalue weighted by Crippen LogP contribution is 2.22. The van der Waals surface area contributed by atoms with E-state index in [4.69, 9.17) is 11.6 Å². The molecule has 0 amide bonds. The zero-order valence-corrected chi connectivity index (χ0v) is 11.0. The van der Waals surface area contributed by atoms with Gasteiger partial charge in [0.1, 0.15) is 5.82 Å². The van der Waals surface area contributed by atoms with E-state index in [1.54, 1.807) is 0 Å². The molecular weight excluding hydrogens is 266 g/mol. The van der Waals surface area contributed by atoms with Gasteiger partial charge in [-0.25, -0.2) is 9.97 Å². The van der Waals surface area contributed by atoms with Gasteiger partial charge in [-0.1, -0.05) is 41.9 Å². The van der Waals surface area contributed by atoms with E-state index in [9.17, 15) is 0 Å². The van der Waals surface area contributed by atoms with Gasteiger partial charge < -0.3 is 4.57 Å². The van der Waals surface area contributed by atoms with Crippen molar-refractivity contribution < 1.29 is 0 Å². The third-order valence-corrected chi connectivity index (χ3v) is 3.70. The first-order valence-electron chi connectivity index (χ1n) is 5.50. The van der Waals surface area contributed by atoms with Gasteiger partial charge in [-0.05, 0) is 0 Å². The summed E-state index contributed by atoms with van der Waals surface area (Å²) < 4.78 is 2.67. The van der Waals surface area contributed by atoms with Crippen LogP contribution in [0.2, 0.25) is 4.47 Å². The van der Waals surface area contributed by atoms with Crippen LogP contribution >= 0.6 is 22.9 Å². The Morgan fingerprint density at radius 1 is 1.17 bits per heavy atom. The van der Waals surface area contributed by atoms with Crippen LogP contribution in [0, 0.1) is 0 Å². The summed E-state index contributed by atoms with van der Waals surface area (Å²) in [6, 6.07) is 10.1. The van der Waals surface area contributed by atoms with Gasteiger partial charge in [-0.3, -0.25) is 0 Å². The molecule has 0 aliphatic rings. The number of rotatable bonds is 3. The topological polar surface area (TPSA) is 30.7 Å². The zero-order valence-electron chi connectivity index (χ0n) is 9.45. The predicted molar refractivity (Wildman–Crippen MR) is 73.9 cm³/mol. The highest BCUT2D eigenvalue weighted by atomic mass is 35.5. The number of aromatic nitrogens is 3. The van der Waals surface area contributed by atoms with E-state index in [2.05, 4.69) is 26.7 Å². The zero-order chi connectivity index (χ0) is 12.4. The van der Waals surface area contributed by atoms with E-state index in [1.807, 2.05) is 36.8 Å². The molecule has 3 aromatic rings. The van der Waals surface area contributed by atoms with Crippen LogP contribution in [0.4, 0.5) is 0 Å². The number of thiazole rings is 1. The molecule has 0 radical (unpaired) electrons. The Balaban J connectivity index is 1.93. The van der Waals surface area contributed by atoms with Crippen molar-refractivity contribution in [2.24, 2.45) is 0 Å². The highest BCUT2D eigenvalue weighted by molar-refractivity contribution is 7.15. The smallest absolute Gasteiger partial charge is 0.183 e. The van der Waals surface area contributed by atoms with Crippen molar-refractivity contribution in [3.63, 3.8) is 0 Å². The molecular formula is C13H10ClN3S. The molecule has 0 atom stereocenters. The van der Waals surface area contributed by atoms with Crippen molar-refractivity contribution in [2.45, 2.75) is 6.54 Å². The number of hydrogen-bond donors (Lipinski definition) is 0. The van der Waals surface area contributed by atoms with E-state index in [0.717, 1.165) is 22.8 Å². The molecule has 3 nitrogen and oxygen atoms in total. The van der Waals surface area contributed by atoms with Crippen LogP contribution in [0.25, 0.3) is 11.4 Å². The molecule has 0 aliphatic heterocycles. The SMILES string of the molecule is Clc1ncc(Cn2ccnc2-c2ccccc2)s1. The highest BCUT2D eigenvalue weighted by Gasteiger charge is 2.07. The Bertz CT molecular complexity index is 645. The normalized spacial score (nSPS) is 10.7. The molecule has 90 valence electrons. The molecule has 18 heavy (non-hydrogen) atoms. The molecule has 2 heterocycles. The van der Waals surface area contributed by atoms with Gasteiger partial charge in [0.05, 0.1) is 6.54 Å². The Morgan fingerprint density at radius 2 is 2.00 bits per heavy atom. The molecule has 0 aliphatic carbocycles. The lowest BCUT2D eigenvalue weighted by atomic mass is 10.2. The third-order valence-electron chi connectivity index (χ3n) is 2.60. The Morgan fingerprint density at radius 3 is 2.72 bits per heavy atom. The van der Waals surface area contributed by atoms with E-state index >= 15 is 0 Å². The maximum absolute atomic E-state index is 5.84. The van der Waals surface area contributed by atoms with Gasteiger partial charge in [0.25, 0.3) is 0 Å². The molecule has 0 unspecified atom stereocenters. The lowest BCUT2D eigenvalue weighted by Gasteiger charge is -2.05. The summed E-state index contributed by atoms with van der Waals surface area (Å²) in [4.78, 5) is 9.57. The fourth-order valence-corrected chi connectivity index (χ4v) is 2.79. The fraction of sp³-hybridized carbons (Fsp3) is 0.0769. The summed E-state index contributed by atoms with van der Waals surface area (Å²) in [6.07, 6.45) is 5.59. The summed E-state index contributed by atoms with van der Waals surface area (Å²) >= 11 is 7.34. The standard InChI is InChI=1S/C13H10ClN3S/c14-13-16-8-11(18-13)9-17-7-6-15-12(17)10-4-2-1-3-5-10/h1-8H,9H2. The second-order valence-electron chi connectivity index (χ2n) is 3.82. The molecule has 3 rings (SSSR count). The van der Waals surface area contributed by atoms with Crippen LogP contribution in [-0.2, 0) is 6.54 Å². The van der Waals surface area contributed by atoms with Crippen LogP contribution < -0.4 is 0 Å². The summed E-state index contributed by atoms with van der Waals surface area (Å²) in [5, 5.41) is 0. The van der Waals surface area contributed by atoms with Crippen LogP contribution in [-0.4, -0.2) is 14.5 Å². The summed E-state index contributed by atoms with van der Waals surface area (Å²) in [5.74, 6) is 0.958. The molecule has 0 saturated carbocycles. The van der Waals surface area contributed by atoms with Crippen LogP contribution in [0.5, 0.6) is 0 Å². The Labute approximate surface area is 114 Å². The molecule has 0 bridgehead atoms. The largest absolute Gasteiger partial charge is 0.326 e. The van der Waals surface area contributed by atoms with E-state index in [1.165, 1.54) is 11.3 Å². The van der Waals surface area contributed by atoms with Gasteiger partial charge in [-0.2, -0.15) is 0 Å². The van der Waals surface area contributed by atoms with E-state index < -0.39 is 0 Å². The summed E-state index contributed by atoms with van der Waals surface area (Å²) in [6.45, 7) is 0.745. The predicted octanol–water partition coefficient (Wildman–Crippen LogP) is 3.71. The summed E-state index contributed by atoms with van der Waals surface area (Å²) in [5.41, 5.74) is 1.11. The minimum Gasteiger partial charge on any atom is -0.326 e. The molecule has 1 aromatic carbocycles. The van der Waals surface area contributed by atoms with Crippen molar-refractivity contribution in [3.8, 4) is 11.4 Å². The number of imidazole rings is 1. The lowest BCUT2D eigenvalue weighted by Crippen LogP contribution is -1.99. The monoisotopic (exact) mass is 275 g/mol. The number of nitrogens with zero attached hydrogens (tertiary/aromatic N) is 3. The molecule has 2 aromatic heterocycles. The second kappa shape index (κ2) is 4.92. The number of halogens is 1. The van der Waals surface area contributed by atoms with Crippen LogP contribution in [0.1, 0.15) is 4.88 Å². The lowest BCUT2D eigenvalue weighted by molar-refractivity contribution is 0.818. The van der Waals surface area contributed by atoms with Gasteiger partial charge in [-0.15, -0.1) is 11.3 Å². The van der Waals surface area contributed by atoms with Crippen molar-refractivity contribution in [1.82, 2.24) is 14.5 Å². The number of benzene rings is 1. The Hall–Kier alpha value is -1.65. The van der Waals surface area contributed by atoms with Crippen LogP contribution in [0.15, 0.2) is 48.9 Å². The van der Waals surface area contributed by atoms with Gasteiger partial charge in [0.2, 0.25) is 0 Å². The number of hydrogen-bond acceptors (Lipinski definition) is 3.